The number of pyridine rings is 1. The van der Waals surface area contributed by atoms with Crippen LogP contribution in [0.2, 0.25) is 0 Å². The molecule has 2 N–H and O–H groups in total. The van der Waals surface area contributed by atoms with E-state index in [0.29, 0.717) is 12.5 Å². The molecule has 0 saturated heterocycles. The Morgan fingerprint density at radius 2 is 2.19 bits per heavy atom. The first-order chi connectivity index (χ1) is 12.6. The summed E-state index contributed by atoms with van der Waals surface area (Å²) < 4.78 is 2.70. The van der Waals surface area contributed by atoms with Crippen molar-refractivity contribution in [3.05, 3.63) is 56.7 Å². The van der Waals surface area contributed by atoms with E-state index in [-0.39, 0.29) is 5.56 Å². The van der Waals surface area contributed by atoms with Gasteiger partial charge in [-0.2, -0.15) is 9.61 Å². The molecule has 0 aromatic carbocycles. The van der Waals surface area contributed by atoms with Crippen molar-refractivity contribution in [1.29, 1.82) is 0 Å². The highest BCUT2D eigenvalue weighted by Crippen LogP contribution is 2.29. The predicted molar refractivity (Wildman–Crippen MR) is 108 cm³/mol. The summed E-state index contributed by atoms with van der Waals surface area (Å²) in [5.74, 6) is 1.34. The third kappa shape index (κ3) is 4.15. The van der Waals surface area contributed by atoms with Crippen LogP contribution in [-0.4, -0.2) is 19.6 Å². The summed E-state index contributed by atoms with van der Waals surface area (Å²) in [4.78, 5) is 18.8. The molecule has 0 amide bonds. The zero-order valence-corrected chi connectivity index (χ0v) is 16.7. The summed E-state index contributed by atoms with van der Waals surface area (Å²) >= 11 is 3.55. The minimum Gasteiger partial charge on any atom is -0.366 e. The number of unbranched alkanes of at least 4 members (excludes halogenated alkanes) is 1. The Hall–Kier alpha value is -2.15. The van der Waals surface area contributed by atoms with Crippen molar-refractivity contribution in [3.8, 4) is 0 Å². The van der Waals surface area contributed by atoms with Crippen molar-refractivity contribution >= 4 is 27.4 Å². The van der Waals surface area contributed by atoms with Gasteiger partial charge in [0.1, 0.15) is 5.82 Å². The number of H-pyrrole nitrogens is 1. The van der Waals surface area contributed by atoms with Crippen molar-refractivity contribution in [3.63, 3.8) is 0 Å². The number of aromatic nitrogens is 4. The van der Waals surface area contributed by atoms with Crippen molar-refractivity contribution in [2.45, 2.75) is 52.0 Å². The first kappa shape index (κ1) is 18.6. The molecule has 3 rings (SSSR count). The zero-order valence-electron chi connectivity index (χ0n) is 15.1. The number of nitrogens with one attached hydrogen (secondary N) is 2. The average Bonchev–Trinajstić information content (AvgIpc) is 3.03. The van der Waals surface area contributed by atoms with Crippen molar-refractivity contribution in [1.82, 2.24) is 19.6 Å². The Balaban J connectivity index is 1.91. The van der Waals surface area contributed by atoms with Gasteiger partial charge in [-0.3, -0.25) is 4.79 Å². The maximum Gasteiger partial charge on any atom is 0.247 e. The van der Waals surface area contributed by atoms with Crippen LogP contribution in [0.5, 0.6) is 0 Å². The van der Waals surface area contributed by atoms with E-state index in [2.05, 4.69) is 51.2 Å². The molecule has 6 nitrogen and oxygen atoms in total. The lowest BCUT2D eigenvalue weighted by molar-refractivity contribution is 0.557. The number of nitrogens with zero attached hydrogens (tertiary/aromatic N) is 3. The molecule has 0 aliphatic carbocycles. The highest BCUT2D eigenvalue weighted by molar-refractivity contribution is 9.10. The summed E-state index contributed by atoms with van der Waals surface area (Å²) in [6.45, 7) is 5.03. The molecule has 0 saturated carbocycles. The zero-order chi connectivity index (χ0) is 18.5. The second kappa shape index (κ2) is 8.49. The normalized spacial score (nSPS) is 12.4. The van der Waals surface area contributed by atoms with Crippen LogP contribution >= 0.6 is 15.9 Å². The van der Waals surface area contributed by atoms with Crippen LogP contribution in [0.1, 0.15) is 56.7 Å². The molecule has 26 heavy (non-hydrogen) atoms. The molecule has 0 aliphatic heterocycles. The monoisotopic (exact) mass is 417 g/mol. The van der Waals surface area contributed by atoms with Gasteiger partial charge >= 0.3 is 0 Å². The van der Waals surface area contributed by atoms with Crippen LogP contribution in [0.25, 0.3) is 5.65 Å². The molecule has 1 unspecified atom stereocenters. The molecule has 0 spiro atoms. The number of aromatic amines is 1. The fraction of sp³-hybridized carbons (Fsp3) is 0.421. The molecule has 7 heteroatoms. The minimum absolute atomic E-state index is 0.0972. The van der Waals surface area contributed by atoms with E-state index >= 15 is 0 Å². The Labute approximate surface area is 161 Å². The van der Waals surface area contributed by atoms with Crippen LogP contribution in [-0.2, 0) is 6.54 Å². The maximum atomic E-state index is 11.2. The lowest BCUT2D eigenvalue weighted by atomic mass is 9.95. The van der Waals surface area contributed by atoms with E-state index in [9.17, 15) is 4.79 Å². The number of rotatable bonds is 8. The predicted octanol–water partition coefficient (Wildman–Crippen LogP) is 4.48. The molecular weight excluding hydrogens is 394 g/mol. The summed E-state index contributed by atoms with van der Waals surface area (Å²) in [5, 5.41) is 7.85. The molecule has 0 radical (unpaired) electrons. The quantitative estimate of drug-likeness (QED) is 0.566. The van der Waals surface area contributed by atoms with Crippen LogP contribution in [0.3, 0.4) is 0 Å². The number of halogens is 1. The standard InChI is InChI=1S/C19H24BrN5O/c1-3-5-6-14(4-2)16-9-17(25-19(24-16)15(20)12-23-25)21-10-13-7-8-18(26)22-11-13/h7-9,11-12,14,21H,3-6,10H2,1-2H3,(H,22,26). The number of fused-ring (bicyclic) bond motifs is 1. The summed E-state index contributed by atoms with van der Waals surface area (Å²) in [6.07, 6.45) is 8.09. The van der Waals surface area contributed by atoms with Crippen molar-refractivity contribution in [2.75, 3.05) is 5.32 Å². The average molecular weight is 418 g/mol. The molecular formula is C19H24BrN5O. The summed E-state index contributed by atoms with van der Waals surface area (Å²) in [6, 6.07) is 5.45. The van der Waals surface area contributed by atoms with E-state index in [1.165, 1.54) is 18.9 Å². The topological polar surface area (TPSA) is 75.1 Å². The smallest absolute Gasteiger partial charge is 0.247 e. The first-order valence-electron chi connectivity index (χ1n) is 9.08. The van der Waals surface area contributed by atoms with E-state index in [0.717, 1.165) is 40.0 Å². The fourth-order valence-corrected chi connectivity index (χ4v) is 3.40. The van der Waals surface area contributed by atoms with Crippen LogP contribution in [0, 0.1) is 0 Å². The minimum atomic E-state index is -0.0972. The molecule has 3 heterocycles. The maximum absolute atomic E-state index is 11.2. The Morgan fingerprint density at radius 3 is 2.88 bits per heavy atom. The van der Waals surface area contributed by atoms with E-state index < -0.39 is 0 Å². The van der Waals surface area contributed by atoms with Gasteiger partial charge < -0.3 is 10.3 Å². The largest absolute Gasteiger partial charge is 0.366 e. The first-order valence-corrected chi connectivity index (χ1v) is 9.87. The number of hydrogen-bond acceptors (Lipinski definition) is 4. The molecule has 0 aliphatic rings. The van der Waals surface area contributed by atoms with E-state index in [1.54, 1.807) is 12.4 Å². The SMILES string of the molecule is CCCCC(CC)c1cc(NCc2ccc(=O)[nH]c2)n2ncc(Br)c2n1. The van der Waals surface area contributed by atoms with Gasteiger partial charge in [0.15, 0.2) is 5.65 Å². The van der Waals surface area contributed by atoms with Gasteiger partial charge in [0.2, 0.25) is 5.56 Å². The Bertz CT molecular complexity index is 913. The van der Waals surface area contributed by atoms with Crippen molar-refractivity contribution in [2.24, 2.45) is 0 Å². The van der Waals surface area contributed by atoms with E-state index in [1.807, 2.05) is 10.6 Å². The molecule has 3 aromatic rings. The van der Waals surface area contributed by atoms with Gasteiger partial charge in [0.25, 0.3) is 0 Å². The number of hydrogen-bond donors (Lipinski definition) is 2. The second-order valence-corrected chi connectivity index (χ2v) is 7.31. The van der Waals surface area contributed by atoms with Gasteiger partial charge in [-0.15, -0.1) is 0 Å². The van der Waals surface area contributed by atoms with Crippen LogP contribution < -0.4 is 10.9 Å². The molecule has 1 atom stereocenters. The van der Waals surface area contributed by atoms with Gasteiger partial charge in [-0.1, -0.05) is 32.8 Å². The number of anilines is 1. The Kier molecular flexibility index (Phi) is 6.08. The lowest BCUT2D eigenvalue weighted by Crippen LogP contribution is -2.11. The van der Waals surface area contributed by atoms with Gasteiger partial charge in [-0.25, -0.2) is 4.98 Å². The fourth-order valence-electron chi connectivity index (χ4n) is 3.05. The van der Waals surface area contributed by atoms with Gasteiger partial charge in [0.05, 0.1) is 10.7 Å². The highest BCUT2D eigenvalue weighted by atomic mass is 79.9. The molecule has 3 aromatic heterocycles. The van der Waals surface area contributed by atoms with Gasteiger partial charge in [-0.05, 0) is 34.3 Å². The Morgan fingerprint density at radius 1 is 1.35 bits per heavy atom. The third-order valence-electron chi connectivity index (χ3n) is 4.59. The highest BCUT2D eigenvalue weighted by Gasteiger charge is 2.16. The molecule has 0 fully saturated rings. The van der Waals surface area contributed by atoms with Crippen molar-refractivity contribution < 1.29 is 0 Å². The summed E-state index contributed by atoms with van der Waals surface area (Å²) in [7, 11) is 0. The second-order valence-electron chi connectivity index (χ2n) is 6.46. The van der Waals surface area contributed by atoms with Crippen LogP contribution in [0.4, 0.5) is 5.82 Å². The third-order valence-corrected chi connectivity index (χ3v) is 5.15. The molecule has 0 bridgehead atoms. The molecule has 138 valence electrons. The lowest BCUT2D eigenvalue weighted by Gasteiger charge is -2.17. The summed E-state index contributed by atoms with van der Waals surface area (Å²) in [5.41, 5.74) is 2.82. The van der Waals surface area contributed by atoms with Gasteiger partial charge in [0, 0.05) is 36.5 Å². The van der Waals surface area contributed by atoms with E-state index in [4.69, 9.17) is 4.98 Å². The van der Waals surface area contributed by atoms with Crippen LogP contribution in [0.15, 0.2) is 39.9 Å².